The third-order valence-electron chi connectivity index (χ3n) is 3.75. The fourth-order valence-corrected chi connectivity index (χ4v) is 2.67. The smallest absolute Gasteiger partial charge is 0.267 e. The monoisotopic (exact) mass is 289 g/mol. The zero-order chi connectivity index (χ0) is 14.5. The van der Waals surface area contributed by atoms with E-state index in [1.807, 2.05) is 18.3 Å². The maximum atomic E-state index is 12.3. The quantitative estimate of drug-likeness (QED) is 0.849. The highest BCUT2D eigenvalue weighted by Crippen LogP contribution is 2.21. The Balaban J connectivity index is 1.58. The summed E-state index contributed by atoms with van der Waals surface area (Å²) in [5.74, 6) is 0.474. The van der Waals surface area contributed by atoms with Crippen molar-refractivity contribution in [2.24, 2.45) is 0 Å². The molecule has 0 aromatic carbocycles. The number of aromatic nitrogens is 3. The Morgan fingerprint density at radius 3 is 3.10 bits per heavy atom. The molecule has 1 aliphatic heterocycles. The second kappa shape index (κ2) is 6.53. The Bertz CT molecular complexity index is 572. The predicted octanol–water partition coefficient (Wildman–Crippen LogP) is 0.768. The minimum Gasteiger partial charge on any atom is -0.350 e. The molecule has 0 saturated carbocycles. The molecule has 21 heavy (non-hydrogen) atoms. The van der Waals surface area contributed by atoms with Gasteiger partial charge in [-0.05, 0) is 38.1 Å². The van der Waals surface area contributed by atoms with E-state index in [2.05, 4.69) is 25.3 Å². The van der Waals surface area contributed by atoms with Gasteiger partial charge in [0.2, 0.25) is 5.89 Å². The Morgan fingerprint density at radius 2 is 2.33 bits per heavy atom. The van der Waals surface area contributed by atoms with Crippen LogP contribution in [0.4, 0.5) is 0 Å². The number of rotatable bonds is 5. The van der Waals surface area contributed by atoms with Gasteiger partial charge in [0.15, 0.2) is 6.33 Å². The summed E-state index contributed by atoms with van der Waals surface area (Å²) < 4.78 is 6.99. The zero-order valence-corrected chi connectivity index (χ0v) is 11.8. The lowest BCUT2D eigenvalue weighted by Gasteiger charge is -2.25. The fraction of sp³-hybridized carbons (Fsp3) is 0.500. The topological polar surface area (TPSA) is 85.0 Å². The lowest BCUT2D eigenvalue weighted by Crippen LogP contribution is -2.33. The summed E-state index contributed by atoms with van der Waals surface area (Å²) in [5, 5.41) is 9.77. The van der Waals surface area contributed by atoms with Crippen molar-refractivity contribution >= 4 is 5.91 Å². The van der Waals surface area contributed by atoms with Gasteiger partial charge >= 0.3 is 0 Å². The SMILES string of the molecule is O=C(NCCc1ncno1)c1cccn1C1CCNCC1. The van der Waals surface area contributed by atoms with Crippen molar-refractivity contribution in [3.05, 3.63) is 36.2 Å². The third-order valence-corrected chi connectivity index (χ3v) is 3.75. The van der Waals surface area contributed by atoms with E-state index in [0.29, 0.717) is 30.6 Å². The molecule has 0 aliphatic carbocycles. The molecule has 1 fully saturated rings. The van der Waals surface area contributed by atoms with E-state index in [-0.39, 0.29) is 5.91 Å². The first kappa shape index (κ1) is 13.8. The molecule has 2 aromatic rings. The summed E-state index contributed by atoms with van der Waals surface area (Å²) in [6, 6.07) is 4.19. The number of nitrogens with one attached hydrogen (secondary N) is 2. The van der Waals surface area contributed by atoms with E-state index >= 15 is 0 Å². The van der Waals surface area contributed by atoms with E-state index in [4.69, 9.17) is 4.52 Å². The van der Waals surface area contributed by atoms with Crippen molar-refractivity contribution in [1.29, 1.82) is 0 Å². The highest BCUT2D eigenvalue weighted by Gasteiger charge is 2.19. The molecule has 0 atom stereocenters. The van der Waals surface area contributed by atoms with E-state index < -0.39 is 0 Å². The standard InChI is InChI=1S/C14H19N5O2/c20-14(16-8-5-13-17-10-18-21-13)12-2-1-9-19(12)11-3-6-15-7-4-11/h1-2,9-11,15H,3-8H2,(H,16,20). The zero-order valence-electron chi connectivity index (χ0n) is 11.8. The van der Waals surface area contributed by atoms with E-state index in [1.165, 1.54) is 6.33 Å². The van der Waals surface area contributed by atoms with Crippen LogP contribution in [0.25, 0.3) is 0 Å². The van der Waals surface area contributed by atoms with Gasteiger partial charge in [-0.25, -0.2) is 0 Å². The van der Waals surface area contributed by atoms with Gasteiger partial charge in [-0.3, -0.25) is 4.79 Å². The molecular formula is C14H19N5O2. The van der Waals surface area contributed by atoms with E-state index in [0.717, 1.165) is 25.9 Å². The summed E-state index contributed by atoms with van der Waals surface area (Å²) in [6.07, 6.45) is 6.00. The maximum absolute atomic E-state index is 12.3. The van der Waals surface area contributed by atoms with Crippen molar-refractivity contribution in [3.8, 4) is 0 Å². The molecule has 7 nitrogen and oxygen atoms in total. The van der Waals surface area contributed by atoms with Crippen LogP contribution in [0.5, 0.6) is 0 Å². The number of piperidine rings is 1. The predicted molar refractivity (Wildman–Crippen MR) is 75.9 cm³/mol. The van der Waals surface area contributed by atoms with Gasteiger partial charge in [-0.2, -0.15) is 4.98 Å². The molecule has 3 rings (SSSR count). The van der Waals surface area contributed by atoms with Crippen LogP contribution < -0.4 is 10.6 Å². The number of nitrogens with zero attached hydrogens (tertiary/aromatic N) is 3. The molecule has 0 spiro atoms. The Morgan fingerprint density at radius 1 is 1.48 bits per heavy atom. The van der Waals surface area contributed by atoms with Crippen LogP contribution in [0.15, 0.2) is 29.2 Å². The second-order valence-electron chi connectivity index (χ2n) is 5.12. The number of hydrogen-bond donors (Lipinski definition) is 2. The largest absolute Gasteiger partial charge is 0.350 e. The number of amides is 1. The van der Waals surface area contributed by atoms with Crippen LogP contribution in [0.2, 0.25) is 0 Å². The Hall–Kier alpha value is -2.15. The van der Waals surface area contributed by atoms with Crippen molar-refractivity contribution in [3.63, 3.8) is 0 Å². The van der Waals surface area contributed by atoms with Gasteiger partial charge in [0.1, 0.15) is 5.69 Å². The molecule has 7 heteroatoms. The van der Waals surface area contributed by atoms with Gasteiger partial charge in [-0.1, -0.05) is 5.16 Å². The van der Waals surface area contributed by atoms with E-state index in [1.54, 1.807) is 0 Å². The first-order valence-electron chi connectivity index (χ1n) is 7.26. The summed E-state index contributed by atoms with van der Waals surface area (Å²) in [5.41, 5.74) is 0.715. The average Bonchev–Trinajstić information content (AvgIpc) is 3.19. The molecule has 3 heterocycles. The van der Waals surface area contributed by atoms with Gasteiger partial charge in [-0.15, -0.1) is 0 Å². The Labute approximate surface area is 122 Å². The lowest BCUT2D eigenvalue weighted by molar-refractivity contribution is 0.0940. The van der Waals surface area contributed by atoms with Crippen LogP contribution in [0, 0.1) is 0 Å². The van der Waals surface area contributed by atoms with Crippen molar-refractivity contribution in [2.45, 2.75) is 25.3 Å². The molecular weight excluding hydrogens is 270 g/mol. The first-order valence-corrected chi connectivity index (χ1v) is 7.26. The summed E-state index contributed by atoms with van der Waals surface area (Å²) >= 11 is 0. The fourth-order valence-electron chi connectivity index (χ4n) is 2.67. The number of hydrogen-bond acceptors (Lipinski definition) is 5. The van der Waals surface area contributed by atoms with Gasteiger partial charge in [0.05, 0.1) is 0 Å². The summed E-state index contributed by atoms with van der Waals surface area (Å²) in [7, 11) is 0. The molecule has 112 valence electrons. The third kappa shape index (κ3) is 3.30. The molecule has 1 saturated heterocycles. The van der Waals surface area contributed by atoms with Crippen LogP contribution in [-0.4, -0.2) is 40.2 Å². The highest BCUT2D eigenvalue weighted by atomic mass is 16.5. The van der Waals surface area contributed by atoms with Crippen molar-refractivity contribution in [2.75, 3.05) is 19.6 Å². The second-order valence-corrected chi connectivity index (χ2v) is 5.12. The van der Waals surface area contributed by atoms with Crippen LogP contribution >= 0.6 is 0 Å². The van der Waals surface area contributed by atoms with Crippen LogP contribution in [0.3, 0.4) is 0 Å². The van der Waals surface area contributed by atoms with Crippen LogP contribution in [0.1, 0.15) is 35.3 Å². The van der Waals surface area contributed by atoms with Gasteiger partial charge < -0.3 is 19.7 Å². The summed E-state index contributed by atoms with van der Waals surface area (Å²) in [6.45, 7) is 2.49. The molecule has 1 aliphatic rings. The molecule has 0 unspecified atom stereocenters. The summed E-state index contributed by atoms with van der Waals surface area (Å²) in [4.78, 5) is 16.2. The number of carbonyl (C=O) groups excluding carboxylic acids is 1. The maximum Gasteiger partial charge on any atom is 0.267 e. The average molecular weight is 289 g/mol. The van der Waals surface area contributed by atoms with E-state index in [9.17, 15) is 4.79 Å². The molecule has 0 bridgehead atoms. The van der Waals surface area contributed by atoms with Gasteiger partial charge in [0.25, 0.3) is 5.91 Å². The van der Waals surface area contributed by atoms with Crippen molar-refractivity contribution in [1.82, 2.24) is 25.3 Å². The van der Waals surface area contributed by atoms with Gasteiger partial charge in [0, 0.05) is 25.2 Å². The minimum absolute atomic E-state index is 0.0574. The highest BCUT2D eigenvalue weighted by molar-refractivity contribution is 5.92. The van der Waals surface area contributed by atoms with Crippen LogP contribution in [-0.2, 0) is 6.42 Å². The molecule has 2 N–H and O–H groups in total. The first-order chi connectivity index (χ1) is 10.3. The normalized spacial score (nSPS) is 16.0. The van der Waals surface area contributed by atoms with Crippen molar-refractivity contribution < 1.29 is 9.32 Å². The molecule has 2 aromatic heterocycles. The Kier molecular flexibility index (Phi) is 4.30. The lowest BCUT2D eigenvalue weighted by atomic mass is 10.1. The molecule has 1 amide bonds. The minimum atomic E-state index is -0.0574. The molecule has 0 radical (unpaired) electrons. The number of carbonyl (C=O) groups is 1.